The van der Waals surface area contributed by atoms with Crippen LogP contribution in [0.25, 0.3) is 0 Å². The van der Waals surface area contributed by atoms with Gasteiger partial charge in [-0.15, -0.1) is 0 Å². The molecule has 11 nitrogen and oxygen atoms in total. The van der Waals surface area contributed by atoms with Gasteiger partial charge in [-0.3, -0.25) is 14.6 Å². The Balaban J connectivity index is 2.07. The summed E-state index contributed by atoms with van der Waals surface area (Å²) in [6.45, 7) is 6.61. The first-order chi connectivity index (χ1) is 18.9. The van der Waals surface area contributed by atoms with E-state index >= 15 is 0 Å². The zero-order valence-electron chi connectivity index (χ0n) is 23.1. The number of rotatable bonds is 10. The largest absolute Gasteiger partial charge is 0.481 e. The molecule has 0 aromatic heterocycles. The van der Waals surface area contributed by atoms with Gasteiger partial charge >= 0.3 is 24.1 Å². The fourth-order valence-corrected chi connectivity index (χ4v) is 5.05. The van der Waals surface area contributed by atoms with Gasteiger partial charge in [-0.05, 0) is 16.5 Å². The lowest BCUT2D eigenvalue weighted by Gasteiger charge is -2.43. The minimum absolute atomic E-state index is 0.117. The molecule has 1 fully saturated rings. The third-order valence-electron chi connectivity index (χ3n) is 7.12. The molecule has 40 heavy (non-hydrogen) atoms. The van der Waals surface area contributed by atoms with Crippen molar-refractivity contribution in [1.29, 1.82) is 0 Å². The monoisotopic (exact) mass is 554 g/mol. The van der Waals surface area contributed by atoms with E-state index in [9.17, 15) is 29.4 Å². The maximum absolute atomic E-state index is 13.9. The second-order valence-electron chi connectivity index (χ2n) is 11.0. The van der Waals surface area contributed by atoms with Gasteiger partial charge in [0.15, 0.2) is 0 Å². The Bertz CT molecular complexity index is 1160. The van der Waals surface area contributed by atoms with Crippen molar-refractivity contribution in [3.05, 3.63) is 71.8 Å². The maximum atomic E-state index is 13.9. The molecule has 0 bridgehead atoms. The van der Waals surface area contributed by atoms with E-state index in [1.165, 1.54) is 4.90 Å². The highest BCUT2D eigenvalue weighted by Gasteiger charge is 2.50. The number of benzene rings is 2. The lowest BCUT2D eigenvalue weighted by Crippen LogP contribution is -2.58. The van der Waals surface area contributed by atoms with E-state index < -0.39 is 47.5 Å². The van der Waals surface area contributed by atoms with Crippen LogP contribution < -0.4 is 5.73 Å². The second kappa shape index (κ2) is 13.3. The van der Waals surface area contributed by atoms with Crippen molar-refractivity contribution in [2.24, 2.45) is 17.1 Å². The van der Waals surface area contributed by atoms with Crippen LogP contribution in [0.2, 0.25) is 0 Å². The lowest BCUT2D eigenvalue weighted by atomic mass is 9.75. The van der Waals surface area contributed by atoms with Crippen LogP contribution in [0.3, 0.4) is 0 Å². The summed E-state index contributed by atoms with van der Waals surface area (Å²) in [5.41, 5.74) is 5.74. The molecule has 1 saturated heterocycles. The number of primary amides is 1. The highest BCUT2D eigenvalue weighted by atomic mass is 16.6. The standard InChI is InChI=1S/C29H38N4O7/c1-29(2,3)23(25(34)35)24(26(36)37)33(28(39)40-19-20-10-6-4-7-11-20)22(21-12-8-5-9-13-21)18-31-14-16-32(17-15-31)27(30)38/h4-13,22-24H,14-19H2,1-3H3,(H2,30,38)(H,34,35)(H,36,37)/t22?,23?,24-/m0/s1. The first kappa shape index (κ1) is 30.4. The molecule has 216 valence electrons. The fourth-order valence-electron chi connectivity index (χ4n) is 5.05. The van der Waals surface area contributed by atoms with Crippen LogP contribution in [0, 0.1) is 11.3 Å². The third kappa shape index (κ3) is 7.72. The summed E-state index contributed by atoms with van der Waals surface area (Å²) >= 11 is 0. The number of carboxylic acids is 2. The highest BCUT2D eigenvalue weighted by Crippen LogP contribution is 2.36. The number of ether oxygens (including phenoxy) is 1. The lowest BCUT2D eigenvalue weighted by molar-refractivity contribution is -0.161. The Hall–Kier alpha value is -4.12. The summed E-state index contributed by atoms with van der Waals surface area (Å²) in [5.74, 6) is -4.23. The highest BCUT2D eigenvalue weighted by molar-refractivity contribution is 5.87. The minimum atomic E-state index is -1.74. The number of aliphatic carboxylic acids is 2. The zero-order valence-corrected chi connectivity index (χ0v) is 23.1. The minimum Gasteiger partial charge on any atom is -0.481 e. The smallest absolute Gasteiger partial charge is 0.411 e. The van der Waals surface area contributed by atoms with Gasteiger partial charge in [-0.25, -0.2) is 14.4 Å². The van der Waals surface area contributed by atoms with Gasteiger partial charge in [0, 0.05) is 32.7 Å². The van der Waals surface area contributed by atoms with Crippen LogP contribution in [0.1, 0.15) is 37.9 Å². The van der Waals surface area contributed by atoms with Gasteiger partial charge < -0.3 is 25.6 Å². The number of hydrogen-bond donors (Lipinski definition) is 3. The predicted molar refractivity (Wildman–Crippen MR) is 147 cm³/mol. The van der Waals surface area contributed by atoms with Crippen molar-refractivity contribution >= 4 is 24.1 Å². The average Bonchev–Trinajstić information content (AvgIpc) is 2.91. The van der Waals surface area contributed by atoms with E-state index in [0.29, 0.717) is 37.3 Å². The van der Waals surface area contributed by atoms with Crippen molar-refractivity contribution in [3.8, 4) is 0 Å². The molecular formula is C29H38N4O7. The van der Waals surface area contributed by atoms with Crippen molar-refractivity contribution < 1.29 is 34.1 Å². The van der Waals surface area contributed by atoms with Gasteiger partial charge in [-0.1, -0.05) is 81.4 Å². The summed E-state index contributed by atoms with van der Waals surface area (Å²) in [4.78, 5) is 55.5. The van der Waals surface area contributed by atoms with Gasteiger partial charge in [0.1, 0.15) is 12.6 Å². The number of nitrogens with zero attached hydrogens (tertiary/aromatic N) is 3. The van der Waals surface area contributed by atoms with Crippen LogP contribution in [0.15, 0.2) is 60.7 Å². The first-order valence-corrected chi connectivity index (χ1v) is 13.2. The SMILES string of the molecule is CC(C)(C)C(C(=O)O)[C@@H](C(=O)O)N(C(=O)OCc1ccccc1)C(CN1CCN(C(N)=O)CC1)c1ccccc1. The third-order valence-corrected chi connectivity index (χ3v) is 7.12. The molecule has 3 amide bonds. The van der Waals surface area contributed by atoms with Gasteiger partial charge in [-0.2, -0.15) is 0 Å². The van der Waals surface area contributed by atoms with E-state index in [-0.39, 0.29) is 13.2 Å². The molecule has 0 saturated carbocycles. The van der Waals surface area contributed by atoms with Crippen LogP contribution in [-0.4, -0.2) is 87.7 Å². The molecule has 2 aromatic carbocycles. The number of hydrogen-bond acceptors (Lipinski definition) is 6. The van der Waals surface area contributed by atoms with Gasteiger partial charge in [0.25, 0.3) is 0 Å². The Labute approximate surface area is 234 Å². The van der Waals surface area contributed by atoms with E-state index in [4.69, 9.17) is 10.5 Å². The number of amides is 3. The first-order valence-electron chi connectivity index (χ1n) is 13.2. The normalized spacial score (nSPS) is 16.4. The number of urea groups is 1. The van der Waals surface area contributed by atoms with Crippen molar-refractivity contribution in [3.63, 3.8) is 0 Å². The average molecular weight is 555 g/mol. The molecule has 0 radical (unpaired) electrons. The van der Waals surface area contributed by atoms with E-state index in [1.807, 2.05) is 11.0 Å². The topological polar surface area (TPSA) is 154 Å². The van der Waals surface area contributed by atoms with E-state index in [2.05, 4.69) is 0 Å². The summed E-state index contributed by atoms with van der Waals surface area (Å²) < 4.78 is 5.65. The van der Waals surface area contributed by atoms with E-state index in [0.717, 1.165) is 4.90 Å². The van der Waals surface area contributed by atoms with Crippen LogP contribution in [0.4, 0.5) is 9.59 Å². The molecule has 11 heteroatoms. The molecule has 1 aliphatic rings. The molecule has 0 spiro atoms. The number of carboxylic acid groups (broad SMARTS) is 2. The second-order valence-corrected chi connectivity index (χ2v) is 11.0. The Kier molecular flexibility index (Phi) is 10.1. The predicted octanol–water partition coefficient (Wildman–Crippen LogP) is 3.26. The Morgan fingerprint density at radius 2 is 1.45 bits per heavy atom. The van der Waals surface area contributed by atoms with Crippen molar-refractivity contribution in [1.82, 2.24) is 14.7 Å². The molecule has 1 heterocycles. The molecule has 4 N–H and O–H groups in total. The number of carbonyl (C=O) groups excluding carboxylic acids is 2. The molecular weight excluding hydrogens is 516 g/mol. The summed E-state index contributed by atoms with van der Waals surface area (Å²) in [7, 11) is 0. The number of nitrogens with two attached hydrogens (primary N) is 1. The van der Waals surface area contributed by atoms with E-state index in [1.54, 1.807) is 75.4 Å². The van der Waals surface area contributed by atoms with Gasteiger partial charge in [0.2, 0.25) is 0 Å². The van der Waals surface area contributed by atoms with Crippen molar-refractivity contribution in [2.75, 3.05) is 32.7 Å². The van der Waals surface area contributed by atoms with Crippen molar-refractivity contribution in [2.45, 2.75) is 39.5 Å². The summed E-state index contributed by atoms with van der Waals surface area (Å²) in [6.07, 6.45) is -0.934. The summed E-state index contributed by atoms with van der Waals surface area (Å²) in [5, 5.41) is 20.7. The molecule has 0 aliphatic carbocycles. The van der Waals surface area contributed by atoms with Crippen LogP contribution >= 0.6 is 0 Å². The molecule has 1 aliphatic heterocycles. The number of carbonyl (C=O) groups is 4. The Morgan fingerprint density at radius 1 is 0.900 bits per heavy atom. The molecule has 2 aromatic rings. The molecule has 2 unspecified atom stereocenters. The maximum Gasteiger partial charge on any atom is 0.411 e. The zero-order chi connectivity index (χ0) is 29.4. The number of piperazine rings is 1. The quantitative estimate of drug-likeness (QED) is 0.404. The Morgan fingerprint density at radius 3 is 1.93 bits per heavy atom. The summed E-state index contributed by atoms with van der Waals surface area (Å²) in [6, 6.07) is 14.7. The van der Waals surface area contributed by atoms with Gasteiger partial charge in [0.05, 0.1) is 12.0 Å². The molecule has 3 rings (SSSR count). The fraction of sp³-hybridized carbons (Fsp3) is 0.448. The molecule has 3 atom stereocenters. The van der Waals surface area contributed by atoms with Crippen LogP contribution in [-0.2, 0) is 20.9 Å². The van der Waals surface area contributed by atoms with Crippen LogP contribution in [0.5, 0.6) is 0 Å².